The topological polar surface area (TPSA) is 173 Å². The molecule has 180 valence electrons. The fraction of sp³-hybridized carbons (Fsp3) is 0.435. The highest BCUT2D eigenvalue weighted by molar-refractivity contribution is 6.24. The second-order valence-electron chi connectivity index (χ2n) is 9.54. The van der Waals surface area contributed by atoms with E-state index in [0.29, 0.717) is 0 Å². The molecule has 0 saturated heterocycles. The molecular formula is C23H24FN3O7. The van der Waals surface area contributed by atoms with E-state index in [1.54, 1.807) is 14.1 Å². The van der Waals surface area contributed by atoms with E-state index in [1.807, 2.05) is 0 Å². The number of rotatable bonds is 2. The third kappa shape index (κ3) is 2.57. The molecular weight excluding hydrogens is 449 g/mol. The highest BCUT2D eigenvalue weighted by atomic mass is 19.1. The summed E-state index contributed by atoms with van der Waals surface area (Å²) < 4.78 is 15.3. The number of halogens is 1. The monoisotopic (exact) mass is 473 g/mol. The minimum Gasteiger partial charge on any atom is -0.510 e. The molecule has 0 bridgehead atoms. The van der Waals surface area contributed by atoms with Crippen molar-refractivity contribution in [1.29, 1.82) is 0 Å². The molecule has 4 atom stereocenters. The Kier molecular flexibility index (Phi) is 4.71. The van der Waals surface area contributed by atoms with Crippen molar-refractivity contribution in [2.24, 2.45) is 17.6 Å². The molecule has 0 saturated carbocycles. The number of benzene rings is 1. The molecule has 1 aromatic carbocycles. The van der Waals surface area contributed by atoms with Crippen LogP contribution in [0.4, 0.5) is 4.39 Å². The third-order valence-corrected chi connectivity index (χ3v) is 7.64. The Bertz CT molecular complexity index is 1270. The van der Waals surface area contributed by atoms with Gasteiger partial charge in [0.1, 0.15) is 28.7 Å². The van der Waals surface area contributed by atoms with Crippen molar-refractivity contribution in [2.75, 3.05) is 14.1 Å². The predicted octanol–water partition coefficient (Wildman–Crippen LogP) is -0.137. The number of carbonyl (C=O) groups excluding carboxylic acids is 3. The van der Waals surface area contributed by atoms with Gasteiger partial charge in [-0.05, 0) is 32.9 Å². The number of hydrogen-bond donors (Lipinski definition) is 6. The number of Topliss-reactive ketones (excluding diaryl/α,β-unsaturated/α-hetero) is 2. The average molecular weight is 473 g/mol. The summed E-state index contributed by atoms with van der Waals surface area (Å²) >= 11 is 0. The lowest BCUT2D eigenvalue weighted by Crippen LogP contribution is -2.63. The van der Waals surface area contributed by atoms with Gasteiger partial charge in [0.15, 0.2) is 11.4 Å². The van der Waals surface area contributed by atoms with Gasteiger partial charge in [-0.15, -0.1) is 0 Å². The Morgan fingerprint density at radius 3 is 2.41 bits per heavy atom. The predicted molar refractivity (Wildman–Crippen MR) is 114 cm³/mol. The van der Waals surface area contributed by atoms with E-state index in [1.165, 1.54) is 4.90 Å². The number of phenolic OH excluding ortho intramolecular Hbond substituents is 1. The zero-order valence-corrected chi connectivity index (χ0v) is 18.5. The van der Waals surface area contributed by atoms with Crippen LogP contribution in [0.2, 0.25) is 0 Å². The first-order valence-electron chi connectivity index (χ1n) is 10.8. The first kappa shape index (κ1) is 22.5. The van der Waals surface area contributed by atoms with Crippen LogP contribution in [-0.2, 0) is 29.1 Å². The standard InChI is InChI=1S/C23H24FN3O7/c1-27(2)16-11-4-7-3-8-13(17(28)10-6-26-5-9(10)15(8)24)18(29)12(7)20(31)23(11,34)21(32)14(19(16)30)22(25)33/h7,11,16,26,28,30-31,34H,3-6H2,1-2H3,(H2,25,33)/t7-,11-,16-,23-/m0/s1. The molecule has 1 heterocycles. The second-order valence-corrected chi connectivity index (χ2v) is 9.54. The molecule has 0 unspecified atom stereocenters. The van der Waals surface area contributed by atoms with Crippen LogP contribution >= 0.6 is 0 Å². The summed E-state index contributed by atoms with van der Waals surface area (Å²) in [4.78, 5) is 40.1. The third-order valence-electron chi connectivity index (χ3n) is 7.64. The fourth-order valence-electron chi connectivity index (χ4n) is 6.13. The number of primary amides is 1. The highest BCUT2D eigenvalue weighted by Crippen LogP contribution is 2.53. The maximum atomic E-state index is 15.3. The molecule has 1 aliphatic heterocycles. The van der Waals surface area contributed by atoms with Gasteiger partial charge in [-0.2, -0.15) is 0 Å². The molecule has 0 spiro atoms. The van der Waals surface area contributed by atoms with E-state index in [-0.39, 0.29) is 53.8 Å². The summed E-state index contributed by atoms with van der Waals surface area (Å²) in [6.45, 7) is 0.358. The number of carbonyl (C=O) groups is 3. The van der Waals surface area contributed by atoms with Crippen LogP contribution in [0.25, 0.3) is 0 Å². The molecule has 11 heteroatoms. The highest BCUT2D eigenvalue weighted by Gasteiger charge is 2.63. The van der Waals surface area contributed by atoms with Crippen LogP contribution in [0, 0.1) is 17.7 Å². The van der Waals surface area contributed by atoms with Crippen molar-refractivity contribution in [2.45, 2.75) is 37.6 Å². The largest absolute Gasteiger partial charge is 0.510 e. The van der Waals surface area contributed by atoms with E-state index in [4.69, 9.17) is 5.73 Å². The number of aliphatic hydroxyl groups excluding tert-OH is 2. The van der Waals surface area contributed by atoms with Gasteiger partial charge in [0.2, 0.25) is 5.78 Å². The lowest BCUT2D eigenvalue weighted by atomic mass is 9.58. The molecule has 0 radical (unpaired) electrons. The quantitative estimate of drug-likeness (QED) is 0.320. The summed E-state index contributed by atoms with van der Waals surface area (Å²) in [7, 11) is 3.09. The number of phenols is 1. The normalized spacial score (nSPS) is 30.3. The van der Waals surface area contributed by atoms with Gasteiger partial charge < -0.3 is 31.5 Å². The minimum absolute atomic E-state index is 0.0121. The fourth-order valence-corrected chi connectivity index (χ4v) is 6.13. The first-order valence-corrected chi connectivity index (χ1v) is 10.8. The smallest absolute Gasteiger partial charge is 0.255 e. The van der Waals surface area contributed by atoms with Gasteiger partial charge in [-0.25, -0.2) is 4.39 Å². The van der Waals surface area contributed by atoms with E-state index in [9.17, 15) is 34.8 Å². The molecule has 10 nitrogen and oxygen atoms in total. The Morgan fingerprint density at radius 2 is 1.79 bits per heavy atom. The van der Waals surface area contributed by atoms with Crippen LogP contribution in [0.3, 0.4) is 0 Å². The van der Waals surface area contributed by atoms with Crippen LogP contribution in [0.15, 0.2) is 22.7 Å². The number of allylic oxidation sites excluding steroid dienone is 1. The summed E-state index contributed by atoms with van der Waals surface area (Å²) in [5.74, 6) is -8.06. The lowest BCUT2D eigenvalue weighted by Gasteiger charge is -2.50. The van der Waals surface area contributed by atoms with Crippen molar-refractivity contribution in [3.8, 4) is 5.75 Å². The summed E-state index contributed by atoms with van der Waals surface area (Å²) in [6.07, 6.45) is -0.150. The molecule has 3 aliphatic carbocycles. The maximum absolute atomic E-state index is 15.3. The Labute approximate surface area is 193 Å². The number of hydrogen-bond acceptors (Lipinski definition) is 9. The summed E-state index contributed by atoms with van der Waals surface area (Å²) in [6, 6.07) is -1.09. The molecule has 5 rings (SSSR count). The number of amides is 1. The SMILES string of the molecule is CN(C)[C@@H]1C(O)=C(C(N)=O)C(=O)[C@@]2(O)C(O)=C3C(=O)c4c(O)c5c(c(F)c4C[C@H]3C[C@@H]12)CNC5. The van der Waals surface area contributed by atoms with Crippen molar-refractivity contribution in [1.82, 2.24) is 10.2 Å². The van der Waals surface area contributed by atoms with Gasteiger partial charge in [0.25, 0.3) is 5.91 Å². The number of nitrogens with two attached hydrogens (primary N) is 1. The molecule has 1 amide bonds. The molecule has 7 N–H and O–H groups in total. The van der Waals surface area contributed by atoms with Gasteiger partial charge in [-0.3, -0.25) is 19.3 Å². The van der Waals surface area contributed by atoms with Gasteiger partial charge >= 0.3 is 0 Å². The molecule has 0 aromatic heterocycles. The Morgan fingerprint density at radius 1 is 1.15 bits per heavy atom. The van der Waals surface area contributed by atoms with E-state index in [0.717, 1.165) is 0 Å². The van der Waals surface area contributed by atoms with Crippen molar-refractivity contribution in [3.05, 3.63) is 50.7 Å². The molecule has 4 aliphatic rings. The van der Waals surface area contributed by atoms with Crippen LogP contribution in [0.1, 0.15) is 33.5 Å². The number of likely N-dealkylation sites (N-methyl/N-ethyl adjacent to an activating group) is 1. The number of ketones is 2. The average Bonchev–Trinajstić information content (AvgIpc) is 3.24. The van der Waals surface area contributed by atoms with Gasteiger partial charge in [0, 0.05) is 41.3 Å². The van der Waals surface area contributed by atoms with Crippen molar-refractivity contribution < 1.29 is 39.2 Å². The number of nitrogens with one attached hydrogen (secondary N) is 1. The number of nitrogens with zero attached hydrogens (tertiary/aromatic N) is 1. The number of fused-ring (bicyclic) bond motifs is 4. The Hall–Kier alpha value is -3.28. The zero-order valence-electron chi connectivity index (χ0n) is 18.5. The van der Waals surface area contributed by atoms with E-state index < -0.39 is 69.6 Å². The van der Waals surface area contributed by atoms with Crippen LogP contribution < -0.4 is 11.1 Å². The first-order chi connectivity index (χ1) is 15.9. The molecule has 0 fully saturated rings. The second kappa shape index (κ2) is 7.11. The number of aliphatic hydroxyl groups is 3. The molecule has 34 heavy (non-hydrogen) atoms. The summed E-state index contributed by atoms with van der Waals surface area (Å²) in [5, 5.41) is 47.1. The maximum Gasteiger partial charge on any atom is 0.255 e. The van der Waals surface area contributed by atoms with Crippen molar-refractivity contribution >= 4 is 17.5 Å². The Balaban J connectivity index is 1.75. The van der Waals surface area contributed by atoms with Crippen LogP contribution in [0.5, 0.6) is 5.75 Å². The van der Waals surface area contributed by atoms with Gasteiger partial charge in [0.05, 0.1) is 11.6 Å². The molecule has 1 aromatic rings. The zero-order chi connectivity index (χ0) is 24.9. The number of aromatic hydroxyl groups is 1. The minimum atomic E-state index is -2.71. The van der Waals surface area contributed by atoms with E-state index in [2.05, 4.69) is 5.32 Å². The van der Waals surface area contributed by atoms with Crippen molar-refractivity contribution in [3.63, 3.8) is 0 Å². The lowest BCUT2D eigenvalue weighted by molar-refractivity contribution is -0.148. The summed E-state index contributed by atoms with van der Waals surface area (Å²) in [5.41, 5.74) is 1.64. The van der Waals surface area contributed by atoms with Crippen LogP contribution in [-0.4, -0.2) is 68.5 Å². The van der Waals surface area contributed by atoms with E-state index >= 15 is 4.39 Å². The van der Waals surface area contributed by atoms with Gasteiger partial charge in [-0.1, -0.05) is 0 Å².